The van der Waals surface area contributed by atoms with Crippen LogP contribution in [0.25, 0.3) is 11.2 Å². The molecule has 1 atom stereocenters. The van der Waals surface area contributed by atoms with Crippen LogP contribution in [0.1, 0.15) is 39.3 Å². The SMILES string of the molecule is Cc1nc(C)c(C(=O)N2CCC[C@H](n3c(=O)n(C)c4cccnc43)C2)s1. The second-order valence-corrected chi connectivity index (χ2v) is 7.96. The van der Waals surface area contributed by atoms with E-state index in [9.17, 15) is 9.59 Å². The van der Waals surface area contributed by atoms with Crippen LogP contribution in [0.15, 0.2) is 23.1 Å². The smallest absolute Gasteiger partial charge is 0.330 e. The summed E-state index contributed by atoms with van der Waals surface area (Å²) in [5.74, 6) is 0.0130. The van der Waals surface area contributed by atoms with Crippen LogP contribution in [-0.4, -0.2) is 43.0 Å². The number of hydrogen-bond acceptors (Lipinski definition) is 5. The Bertz CT molecular complexity index is 1050. The number of aromatic nitrogens is 4. The summed E-state index contributed by atoms with van der Waals surface area (Å²) in [4.78, 5) is 37.0. The number of carbonyl (C=O) groups is 1. The molecule has 0 radical (unpaired) electrons. The van der Waals surface area contributed by atoms with E-state index in [1.807, 2.05) is 30.9 Å². The van der Waals surface area contributed by atoms with E-state index in [2.05, 4.69) is 9.97 Å². The van der Waals surface area contributed by atoms with Gasteiger partial charge in [0.2, 0.25) is 0 Å². The van der Waals surface area contributed by atoms with Crippen molar-refractivity contribution in [3.05, 3.63) is 44.4 Å². The highest BCUT2D eigenvalue weighted by molar-refractivity contribution is 7.13. The van der Waals surface area contributed by atoms with E-state index >= 15 is 0 Å². The van der Waals surface area contributed by atoms with Crippen LogP contribution in [0, 0.1) is 13.8 Å². The Kier molecular flexibility index (Phi) is 4.14. The van der Waals surface area contributed by atoms with E-state index < -0.39 is 0 Å². The normalized spacial score (nSPS) is 17.8. The summed E-state index contributed by atoms with van der Waals surface area (Å²) in [5, 5.41) is 0.897. The van der Waals surface area contributed by atoms with Crippen molar-refractivity contribution in [3.63, 3.8) is 0 Å². The van der Waals surface area contributed by atoms with Crippen molar-refractivity contribution in [1.29, 1.82) is 0 Å². The summed E-state index contributed by atoms with van der Waals surface area (Å²) in [6, 6.07) is 3.67. The molecule has 1 aliphatic heterocycles. The molecule has 7 nitrogen and oxygen atoms in total. The van der Waals surface area contributed by atoms with Crippen LogP contribution in [0.3, 0.4) is 0 Å². The number of nitrogens with zero attached hydrogens (tertiary/aromatic N) is 5. The Labute approximate surface area is 154 Å². The van der Waals surface area contributed by atoms with Gasteiger partial charge in [0.1, 0.15) is 4.88 Å². The van der Waals surface area contributed by atoms with Gasteiger partial charge in [-0.2, -0.15) is 0 Å². The fraction of sp³-hybridized carbons (Fsp3) is 0.444. The van der Waals surface area contributed by atoms with E-state index in [0.717, 1.165) is 29.1 Å². The number of fused-ring (bicyclic) bond motifs is 1. The molecular weight excluding hydrogens is 350 g/mol. The average molecular weight is 371 g/mol. The zero-order chi connectivity index (χ0) is 18.4. The summed E-state index contributed by atoms with van der Waals surface area (Å²) in [6.45, 7) is 5.01. The number of rotatable bonds is 2. The van der Waals surface area contributed by atoms with E-state index in [0.29, 0.717) is 23.6 Å². The lowest BCUT2D eigenvalue weighted by Gasteiger charge is -2.33. The number of likely N-dealkylation sites (tertiary alicyclic amines) is 1. The third kappa shape index (κ3) is 2.65. The predicted molar refractivity (Wildman–Crippen MR) is 101 cm³/mol. The first-order valence-corrected chi connectivity index (χ1v) is 9.54. The molecule has 1 fully saturated rings. The third-order valence-corrected chi connectivity index (χ3v) is 6.06. The molecule has 0 aromatic carbocycles. The van der Waals surface area contributed by atoms with Gasteiger partial charge in [-0.3, -0.25) is 13.9 Å². The van der Waals surface area contributed by atoms with Gasteiger partial charge < -0.3 is 4.90 Å². The first-order valence-electron chi connectivity index (χ1n) is 8.72. The van der Waals surface area contributed by atoms with Crippen molar-refractivity contribution < 1.29 is 4.79 Å². The maximum absolute atomic E-state index is 13.0. The zero-order valence-electron chi connectivity index (χ0n) is 15.1. The molecule has 4 heterocycles. The van der Waals surface area contributed by atoms with Gasteiger partial charge in [-0.25, -0.2) is 14.8 Å². The van der Waals surface area contributed by atoms with Gasteiger partial charge in [0, 0.05) is 26.3 Å². The molecule has 0 spiro atoms. The number of amides is 1. The maximum Gasteiger partial charge on any atom is 0.330 e. The molecule has 0 N–H and O–H groups in total. The standard InChI is InChI=1S/C18H21N5O2S/c1-11-15(26-12(2)20-11)17(24)22-9-5-6-13(10-22)23-16-14(7-4-8-19-16)21(3)18(23)25/h4,7-8,13H,5-6,9-10H2,1-3H3/t13-/m0/s1. The van der Waals surface area contributed by atoms with Gasteiger partial charge in [0.25, 0.3) is 5.91 Å². The van der Waals surface area contributed by atoms with Crippen LogP contribution >= 0.6 is 11.3 Å². The molecule has 1 amide bonds. The molecule has 1 saturated heterocycles. The summed E-state index contributed by atoms with van der Waals surface area (Å²) in [5.41, 5.74) is 2.20. The molecule has 1 aliphatic rings. The van der Waals surface area contributed by atoms with Gasteiger partial charge in [0.15, 0.2) is 5.65 Å². The van der Waals surface area contributed by atoms with Crippen molar-refractivity contribution in [3.8, 4) is 0 Å². The van der Waals surface area contributed by atoms with Crippen LogP contribution < -0.4 is 5.69 Å². The number of pyridine rings is 1. The van der Waals surface area contributed by atoms with E-state index in [1.165, 1.54) is 11.3 Å². The van der Waals surface area contributed by atoms with Gasteiger partial charge in [-0.15, -0.1) is 11.3 Å². The minimum absolute atomic E-state index is 0.0130. The highest BCUT2D eigenvalue weighted by Crippen LogP contribution is 2.27. The number of piperidine rings is 1. The molecule has 26 heavy (non-hydrogen) atoms. The van der Waals surface area contributed by atoms with Crippen molar-refractivity contribution in [2.24, 2.45) is 7.05 Å². The Morgan fingerprint density at radius 1 is 1.35 bits per heavy atom. The Balaban J connectivity index is 1.68. The first kappa shape index (κ1) is 17.0. The zero-order valence-corrected chi connectivity index (χ0v) is 15.9. The van der Waals surface area contributed by atoms with Crippen molar-refractivity contribution in [2.75, 3.05) is 13.1 Å². The highest BCUT2D eigenvalue weighted by atomic mass is 32.1. The van der Waals surface area contributed by atoms with Crippen molar-refractivity contribution in [1.82, 2.24) is 24.0 Å². The number of hydrogen-bond donors (Lipinski definition) is 0. The molecule has 4 rings (SSSR count). The largest absolute Gasteiger partial charge is 0.336 e. The Hall–Kier alpha value is -2.48. The number of imidazole rings is 1. The molecule has 3 aromatic heterocycles. The number of carbonyl (C=O) groups excluding carboxylic acids is 1. The maximum atomic E-state index is 13.0. The van der Waals surface area contributed by atoms with E-state index in [-0.39, 0.29) is 17.6 Å². The summed E-state index contributed by atoms with van der Waals surface area (Å²) in [6.07, 6.45) is 3.43. The fourth-order valence-electron chi connectivity index (χ4n) is 3.74. The molecule has 136 valence electrons. The van der Waals surface area contributed by atoms with Crippen LogP contribution in [0.5, 0.6) is 0 Å². The Morgan fingerprint density at radius 3 is 2.88 bits per heavy atom. The molecule has 0 saturated carbocycles. The molecule has 0 bridgehead atoms. The quantitative estimate of drug-likeness (QED) is 0.693. The third-order valence-electron chi connectivity index (χ3n) is 5.00. The van der Waals surface area contributed by atoms with Crippen LogP contribution in [-0.2, 0) is 7.05 Å². The van der Waals surface area contributed by atoms with E-state index in [4.69, 9.17) is 0 Å². The fourth-order valence-corrected chi connectivity index (χ4v) is 4.63. The molecule has 0 aliphatic carbocycles. The second-order valence-electron chi connectivity index (χ2n) is 6.75. The molecule has 8 heteroatoms. The topological polar surface area (TPSA) is 73.0 Å². The lowest BCUT2D eigenvalue weighted by molar-refractivity contribution is 0.0683. The van der Waals surface area contributed by atoms with Gasteiger partial charge in [0.05, 0.1) is 22.3 Å². The van der Waals surface area contributed by atoms with Gasteiger partial charge >= 0.3 is 5.69 Å². The summed E-state index contributed by atoms with van der Waals surface area (Å²) >= 11 is 1.44. The van der Waals surface area contributed by atoms with Crippen molar-refractivity contribution >= 4 is 28.4 Å². The van der Waals surface area contributed by atoms with Gasteiger partial charge in [-0.05, 0) is 38.8 Å². The molecule has 3 aromatic rings. The van der Waals surface area contributed by atoms with E-state index in [1.54, 1.807) is 22.4 Å². The second kappa shape index (κ2) is 6.35. The lowest BCUT2D eigenvalue weighted by atomic mass is 10.1. The minimum Gasteiger partial charge on any atom is -0.336 e. The average Bonchev–Trinajstić information content (AvgIpc) is 3.11. The Morgan fingerprint density at radius 2 is 2.15 bits per heavy atom. The lowest BCUT2D eigenvalue weighted by Crippen LogP contribution is -2.43. The van der Waals surface area contributed by atoms with Crippen LogP contribution in [0.2, 0.25) is 0 Å². The monoisotopic (exact) mass is 371 g/mol. The number of thiazole rings is 1. The minimum atomic E-state index is -0.0807. The molecular formula is C18H21N5O2S. The van der Waals surface area contributed by atoms with Crippen LogP contribution in [0.4, 0.5) is 0 Å². The predicted octanol–water partition coefficient (Wildman–Crippen LogP) is 2.29. The number of aryl methyl sites for hydroxylation is 3. The highest BCUT2D eigenvalue weighted by Gasteiger charge is 2.30. The summed E-state index contributed by atoms with van der Waals surface area (Å²) < 4.78 is 3.37. The summed E-state index contributed by atoms with van der Waals surface area (Å²) in [7, 11) is 1.76. The molecule has 0 unspecified atom stereocenters. The van der Waals surface area contributed by atoms with Gasteiger partial charge in [-0.1, -0.05) is 0 Å². The first-order chi connectivity index (χ1) is 12.5. The van der Waals surface area contributed by atoms with Crippen molar-refractivity contribution in [2.45, 2.75) is 32.7 Å².